The van der Waals surface area contributed by atoms with Crippen LogP contribution in [0.1, 0.15) is 18.1 Å². The molecule has 136 valence electrons. The van der Waals surface area contributed by atoms with Crippen molar-refractivity contribution in [1.29, 1.82) is 0 Å². The van der Waals surface area contributed by atoms with Gasteiger partial charge in [-0.2, -0.15) is 18.2 Å². The molecular formula is C24H20Cl2Zr-2. The largest absolute Gasteiger partial charge is 1.00 e. The Labute approximate surface area is 189 Å². The van der Waals surface area contributed by atoms with Crippen molar-refractivity contribution in [2.75, 3.05) is 0 Å². The molecule has 0 bridgehead atoms. The second-order valence-corrected chi connectivity index (χ2v) is 7.23. The molecule has 1 aliphatic rings. The summed E-state index contributed by atoms with van der Waals surface area (Å²) in [6.07, 6.45) is 1.04. The van der Waals surface area contributed by atoms with Gasteiger partial charge in [0.05, 0.1) is 0 Å². The first-order valence-corrected chi connectivity index (χ1v) is 9.89. The Bertz CT molecular complexity index is 942. The van der Waals surface area contributed by atoms with Gasteiger partial charge in [0.2, 0.25) is 0 Å². The van der Waals surface area contributed by atoms with E-state index in [1.165, 1.54) is 57.3 Å². The van der Waals surface area contributed by atoms with Gasteiger partial charge in [0.1, 0.15) is 0 Å². The maximum atomic E-state index is 3.39. The molecule has 0 saturated heterocycles. The number of fused-ring (bicyclic) bond motifs is 5. The molecule has 0 amide bonds. The maximum absolute atomic E-state index is 3.39. The van der Waals surface area contributed by atoms with E-state index in [2.05, 4.69) is 58.3 Å². The first kappa shape index (κ1) is 23.6. The van der Waals surface area contributed by atoms with Crippen LogP contribution in [-0.2, 0) is 30.7 Å². The van der Waals surface area contributed by atoms with Crippen LogP contribution in [0.2, 0.25) is 0 Å². The fourth-order valence-electron chi connectivity index (χ4n) is 3.14. The van der Waals surface area contributed by atoms with E-state index in [4.69, 9.17) is 0 Å². The molecule has 0 atom stereocenters. The molecule has 3 heteroatoms. The van der Waals surface area contributed by atoms with Crippen LogP contribution in [0.3, 0.4) is 0 Å². The van der Waals surface area contributed by atoms with Gasteiger partial charge >= 0.3 is 34.9 Å². The fourth-order valence-corrected chi connectivity index (χ4v) is 3.14. The maximum Gasteiger partial charge on any atom is -0.0246 e. The minimum absolute atomic E-state index is 0. The monoisotopic (exact) mass is 468 g/mol. The van der Waals surface area contributed by atoms with E-state index in [1.54, 1.807) is 0 Å². The van der Waals surface area contributed by atoms with Crippen LogP contribution in [-0.4, -0.2) is 3.71 Å². The Morgan fingerprint density at radius 3 is 2.26 bits per heavy atom. The number of hydrogen-bond donors (Lipinski definition) is 0. The van der Waals surface area contributed by atoms with Gasteiger partial charge in [-0.1, -0.05) is 42.0 Å². The van der Waals surface area contributed by atoms with Crippen molar-refractivity contribution >= 4 is 14.5 Å². The molecule has 4 aromatic carbocycles. The van der Waals surface area contributed by atoms with E-state index in [-0.39, 0.29) is 24.8 Å². The molecule has 0 N–H and O–H groups in total. The van der Waals surface area contributed by atoms with Crippen molar-refractivity contribution in [3.63, 3.8) is 0 Å². The molecule has 0 radical (unpaired) electrons. The van der Waals surface area contributed by atoms with Crippen LogP contribution < -0.4 is 24.8 Å². The van der Waals surface area contributed by atoms with Crippen molar-refractivity contribution < 1.29 is 49.0 Å². The van der Waals surface area contributed by atoms with E-state index in [9.17, 15) is 0 Å². The summed E-state index contributed by atoms with van der Waals surface area (Å²) in [5.74, 6) is 0. The minimum Gasteiger partial charge on any atom is -1.00 e. The van der Waals surface area contributed by atoms with E-state index in [1.807, 2.05) is 43.3 Å². The molecular weight excluding hydrogens is 450 g/mol. The van der Waals surface area contributed by atoms with Gasteiger partial charge in [-0.25, -0.2) is 12.1 Å². The second-order valence-electron chi connectivity index (χ2n) is 5.81. The van der Waals surface area contributed by atoms with E-state index < -0.39 is 0 Å². The summed E-state index contributed by atoms with van der Waals surface area (Å²) in [6, 6.07) is 32.7. The van der Waals surface area contributed by atoms with Crippen molar-refractivity contribution in [3.8, 4) is 11.1 Å². The number of benzene rings is 3. The zero-order valence-corrected chi connectivity index (χ0v) is 19.1. The molecule has 0 unspecified atom stereocenters. The van der Waals surface area contributed by atoms with Crippen LogP contribution in [0.5, 0.6) is 0 Å². The summed E-state index contributed by atoms with van der Waals surface area (Å²) in [5, 5.41) is 2.57. The van der Waals surface area contributed by atoms with Crippen molar-refractivity contribution in [2.24, 2.45) is 0 Å². The molecule has 0 aliphatic heterocycles. The minimum atomic E-state index is 0. The first-order chi connectivity index (χ1) is 12.3. The van der Waals surface area contributed by atoms with Crippen LogP contribution in [0, 0.1) is 6.07 Å². The third kappa shape index (κ3) is 5.79. The molecule has 0 heterocycles. The SMILES string of the molecule is C[CH]=[Zr+2].[Cl-].[Cl-].[c-]1cccc2ccc3c(c12)Cc1ccccc1-3.c1cc[cH-]c1. The zero-order chi connectivity index (χ0) is 17.5. The molecule has 0 spiro atoms. The molecule has 27 heavy (non-hydrogen) atoms. The third-order valence-corrected chi connectivity index (χ3v) is 4.18. The fraction of sp³-hybridized carbons (Fsp3) is 0.0833. The Morgan fingerprint density at radius 2 is 1.59 bits per heavy atom. The topological polar surface area (TPSA) is 0 Å². The average Bonchev–Trinajstić information content (AvgIpc) is 3.34. The summed E-state index contributed by atoms with van der Waals surface area (Å²) < 4.78 is 2.09. The molecule has 1 aliphatic carbocycles. The van der Waals surface area contributed by atoms with Gasteiger partial charge in [0, 0.05) is 0 Å². The Kier molecular flexibility index (Phi) is 10.6. The molecule has 0 nitrogen and oxygen atoms in total. The summed E-state index contributed by atoms with van der Waals surface area (Å²) >= 11 is 1.51. The zero-order valence-electron chi connectivity index (χ0n) is 15.1. The van der Waals surface area contributed by atoms with Crippen molar-refractivity contribution in [1.82, 2.24) is 0 Å². The Balaban J connectivity index is 0.000000312. The van der Waals surface area contributed by atoms with Gasteiger partial charge in [0.15, 0.2) is 0 Å². The smallest absolute Gasteiger partial charge is 0.0246 e. The predicted molar refractivity (Wildman–Crippen MR) is 105 cm³/mol. The van der Waals surface area contributed by atoms with Gasteiger partial charge in [0.25, 0.3) is 0 Å². The number of rotatable bonds is 0. The second kappa shape index (κ2) is 12.1. The van der Waals surface area contributed by atoms with Crippen LogP contribution in [0.25, 0.3) is 21.9 Å². The summed E-state index contributed by atoms with van der Waals surface area (Å²) in [4.78, 5) is 0. The first-order valence-electron chi connectivity index (χ1n) is 8.47. The molecule has 5 rings (SSSR count). The standard InChI is InChI=1S/C17H11.C5H5.C2H4.2ClH.Zr/c1-3-7-14-12(5-1)9-10-16-15-8-4-2-6-13(15)11-17(14)16;1-2-4-5-3-1;1-2;;;/h1-6,8-10H,11H2;1-5H;1H,2H3;2*1H;/q2*-1;;;;+2/p-2. The van der Waals surface area contributed by atoms with E-state index >= 15 is 0 Å². The van der Waals surface area contributed by atoms with E-state index in [0.717, 1.165) is 6.42 Å². The quantitative estimate of drug-likeness (QED) is 0.279. The number of hydrogen-bond acceptors (Lipinski definition) is 0. The van der Waals surface area contributed by atoms with Crippen molar-refractivity contribution in [2.45, 2.75) is 13.3 Å². The molecule has 0 fully saturated rings. The van der Waals surface area contributed by atoms with Crippen LogP contribution >= 0.6 is 0 Å². The van der Waals surface area contributed by atoms with Gasteiger partial charge in [-0.3, -0.25) is 0 Å². The van der Waals surface area contributed by atoms with Gasteiger partial charge in [-0.05, 0) is 17.5 Å². The molecule has 4 aromatic rings. The Morgan fingerprint density at radius 1 is 0.889 bits per heavy atom. The van der Waals surface area contributed by atoms with Crippen molar-refractivity contribution in [3.05, 3.63) is 102 Å². The number of halogens is 2. The molecule has 0 aromatic heterocycles. The van der Waals surface area contributed by atoms with Gasteiger partial charge in [-0.15, -0.1) is 40.6 Å². The molecule has 0 saturated carbocycles. The average molecular weight is 471 g/mol. The summed E-state index contributed by atoms with van der Waals surface area (Å²) in [7, 11) is 0. The van der Waals surface area contributed by atoms with Crippen LogP contribution in [0.4, 0.5) is 0 Å². The van der Waals surface area contributed by atoms with E-state index in [0.29, 0.717) is 0 Å². The van der Waals surface area contributed by atoms with Gasteiger partial charge < -0.3 is 24.8 Å². The third-order valence-electron chi connectivity index (χ3n) is 4.18. The summed E-state index contributed by atoms with van der Waals surface area (Å²) in [5.41, 5.74) is 5.65. The predicted octanol–water partition coefficient (Wildman–Crippen LogP) is -0.0200. The summed E-state index contributed by atoms with van der Waals surface area (Å²) in [6.45, 7) is 2.04. The van der Waals surface area contributed by atoms with Crippen LogP contribution in [0.15, 0.2) is 84.9 Å². The normalized spacial score (nSPS) is 9.89. The Hall–Kier alpha value is -1.40.